The maximum atomic E-state index is 5.53. The fourth-order valence-corrected chi connectivity index (χ4v) is 5.11. The Morgan fingerprint density at radius 3 is 1.70 bits per heavy atom. The average molecular weight is 248 g/mol. The molecule has 10 heavy (non-hydrogen) atoms. The van der Waals surface area contributed by atoms with Crippen LogP contribution < -0.4 is 0 Å². The molecule has 0 aliphatic rings. The normalized spacial score (nSPS) is 10.5. The van der Waals surface area contributed by atoms with Crippen molar-refractivity contribution in [2.45, 2.75) is 31.4 Å². The molecule has 0 N–H and O–H groups in total. The summed E-state index contributed by atoms with van der Waals surface area (Å²) < 4.78 is 11.7. The van der Waals surface area contributed by atoms with Gasteiger partial charge in [0.05, 0.1) is 0 Å². The van der Waals surface area contributed by atoms with Crippen LogP contribution in [0.5, 0.6) is 0 Å². The minimum atomic E-state index is -1.97. The molecule has 0 saturated heterocycles. The topological polar surface area (TPSA) is 18.5 Å². The minimum absolute atomic E-state index is 0.654. The van der Waals surface area contributed by atoms with Crippen LogP contribution in [0.2, 0.25) is 3.67 Å². The zero-order valence-electron chi connectivity index (χ0n) is 7.39. The Balaban J connectivity index is 3.50. The standard InChI is InChI=1S/C3H7.2C2H5O.In/c1-3-2;2*1-2-3;/h3H,1-2H3;2*2H2,1H3;/q;2*-1;+2. The van der Waals surface area contributed by atoms with Crippen LogP contribution in [0.3, 0.4) is 0 Å². The molecule has 0 saturated carbocycles. The van der Waals surface area contributed by atoms with Crippen LogP contribution in [-0.4, -0.2) is 35.5 Å². The fraction of sp³-hybridized carbons (Fsp3) is 1.00. The SMILES string of the molecule is CC[O][In]([O]CC)[CH](C)C. The molecular formula is C7H17InO2. The Bertz CT molecular complexity index is 70.0. The molecule has 2 nitrogen and oxygen atoms in total. The second-order valence-corrected chi connectivity index (χ2v) is 10.3. The summed E-state index contributed by atoms with van der Waals surface area (Å²) in [5.41, 5.74) is 0. The third-order valence-electron chi connectivity index (χ3n) is 1.21. The number of hydrogen-bond donors (Lipinski definition) is 0. The first-order chi connectivity index (χ1) is 4.72. The van der Waals surface area contributed by atoms with E-state index in [9.17, 15) is 0 Å². The van der Waals surface area contributed by atoms with E-state index in [-0.39, 0.29) is 0 Å². The van der Waals surface area contributed by atoms with Gasteiger partial charge in [-0.05, 0) is 0 Å². The second-order valence-electron chi connectivity index (χ2n) is 2.52. The van der Waals surface area contributed by atoms with Crippen molar-refractivity contribution in [3.05, 3.63) is 0 Å². The molecule has 0 rings (SSSR count). The van der Waals surface area contributed by atoms with E-state index in [1.54, 1.807) is 0 Å². The van der Waals surface area contributed by atoms with Crippen molar-refractivity contribution in [3.63, 3.8) is 0 Å². The van der Waals surface area contributed by atoms with Gasteiger partial charge in [-0.3, -0.25) is 0 Å². The van der Waals surface area contributed by atoms with E-state index in [4.69, 9.17) is 5.71 Å². The summed E-state index contributed by atoms with van der Waals surface area (Å²) in [6.07, 6.45) is 0. The summed E-state index contributed by atoms with van der Waals surface area (Å²) in [7, 11) is 0. The van der Waals surface area contributed by atoms with Crippen LogP contribution in [0, 0.1) is 0 Å². The van der Waals surface area contributed by atoms with Crippen LogP contribution in [0.15, 0.2) is 0 Å². The van der Waals surface area contributed by atoms with E-state index in [1.165, 1.54) is 0 Å². The van der Waals surface area contributed by atoms with Crippen molar-refractivity contribution < 1.29 is 5.71 Å². The zero-order valence-corrected chi connectivity index (χ0v) is 10.7. The van der Waals surface area contributed by atoms with Crippen LogP contribution in [0.1, 0.15) is 27.7 Å². The molecule has 0 aromatic carbocycles. The first kappa shape index (κ1) is 10.8. The Labute approximate surface area is 72.7 Å². The molecule has 0 heterocycles. The molecule has 0 atom stereocenters. The van der Waals surface area contributed by atoms with Gasteiger partial charge in [-0.25, -0.2) is 0 Å². The van der Waals surface area contributed by atoms with Crippen molar-refractivity contribution in [1.82, 2.24) is 0 Å². The Morgan fingerprint density at radius 1 is 1.10 bits per heavy atom. The molecule has 0 aliphatic heterocycles. The third kappa shape index (κ3) is 4.58. The zero-order chi connectivity index (χ0) is 7.98. The summed E-state index contributed by atoms with van der Waals surface area (Å²) in [6.45, 7) is 10.1. The van der Waals surface area contributed by atoms with E-state index < -0.39 is 22.3 Å². The first-order valence-corrected chi connectivity index (χ1v) is 8.54. The van der Waals surface area contributed by atoms with Crippen molar-refractivity contribution in [3.8, 4) is 0 Å². The van der Waals surface area contributed by atoms with Crippen LogP contribution in [0.4, 0.5) is 0 Å². The summed E-state index contributed by atoms with van der Waals surface area (Å²) in [5.74, 6) is 0. The average Bonchev–Trinajstić information content (AvgIpc) is 1.87. The Hall–Kier alpha value is 0.790. The molecule has 0 aliphatic carbocycles. The van der Waals surface area contributed by atoms with E-state index in [0.717, 1.165) is 13.2 Å². The van der Waals surface area contributed by atoms with Gasteiger partial charge in [0.15, 0.2) is 0 Å². The molecular weight excluding hydrogens is 231 g/mol. The van der Waals surface area contributed by atoms with Gasteiger partial charge >= 0.3 is 72.6 Å². The van der Waals surface area contributed by atoms with Crippen molar-refractivity contribution in [2.24, 2.45) is 0 Å². The monoisotopic (exact) mass is 248 g/mol. The molecule has 0 fully saturated rings. The van der Waals surface area contributed by atoms with Crippen LogP contribution in [0.25, 0.3) is 0 Å². The molecule has 0 aromatic heterocycles. The van der Waals surface area contributed by atoms with E-state index in [1.807, 2.05) is 13.8 Å². The van der Waals surface area contributed by atoms with E-state index in [0.29, 0.717) is 3.67 Å². The van der Waals surface area contributed by atoms with Crippen molar-refractivity contribution in [2.75, 3.05) is 13.2 Å². The second kappa shape index (κ2) is 6.50. The summed E-state index contributed by atoms with van der Waals surface area (Å²) in [6, 6.07) is 0. The summed E-state index contributed by atoms with van der Waals surface area (Å²) >= 11 is -1.97. The molecule has 0 aromatic rings. The van der Waals surface area contributed by atoms with Gasteiger partial charge in [0.25, 0.3) is 0 Å². The molecule has 3 heteroatoms. The van der Waals surface area contributed by atoms with Crippen LogP contribution >= 0.6 is 0 Å². The van der Waals surface area contributed by atoms with E-state index >= 15 is 0 Å². The Morgan fingerprint density at radius 2 is 1.50 bits per heavy atom. The number of hydrogen-bond acceptors (Lipinski definition) is 2. The van der Waals surface area contributed by atoms with Crippen LogP contribution in [-0.2, 0) is 5.71 Å². The molecule has 0 radical (unpaired) electrons. The van der Waals surface area contributed by atoms with E-state index in [2.05, 4.69) is 13.8 Å². The molecule has 0 spiro atoms. The van der Waals surface area contributed by atoms with Gasteiger partial charge in [-0.15, -0.1) is 0 Å². The molecule has 0 unspecified atom stereocenters. The number of rotatable bonds is 5. The Kier molecular flexibility index (Phi) is 7.01. The summed E-state index contributed by atoms with van der Waals surface area (Å²) in [5, 5.41) is 0. The maximum absolute atomic E-state index is 5.53. The summed E-state index contributed by atoms with van der Waals surface area (Å²) in [4.78, 5) is 0. The van der Waals surface area contributed by atoms with Gasteiger partial charge in [0.2, 0.25) is 0 Å². The van der Waals surface area contributed by atoms with Gasteiger partial charge in [-0.1, -0.05) is 0 Å². The van der Waals surface area contributed by atoms with Crippen molar-refractivity contribution in [1.29, 1.82) is 0 Å². The molecule has 60 valence electrons. The predicted octanol–water partition coefficient (Wildman–Crippen LogP) is 1.96. The quantitative estimate of drug-likeness (QED) is 0.740. The van der Waals surface area contributed by atoms with Gasteiger partial charge in [0.1, 0.15) is 0 Å². The predicted molar refractivity (Wildman–Crippen MR) is 44.1 cm³/mol. The molecule has 0 amide bonds. The first-order valence-electron chi connectivity index (χ1n) is 3.95. The fourth-order valence-electron chi connectivity index (χ4n) is 0.762. The third-order valence-corrected chi connectivity index (χ3v) is 8.09. The van der Waals surface area contributed by atoms with Crippen molar-refractivity contribution >= 4 is 22.3 Å². The van der Waals surface area contributed by atoms with Gasteiger partial charge < -0.3 is 0 Å². The van der Waals surface area contributed by atoms with Gasteiger partial charge in [-0.2, -0.15) is 0 Å². The van der Waals surface area contributed by atoms with Gasteiger partial charge in [0, 0.05) is 0 Å². The molecule has 0 bridgehead atoms.